The van der Waals surface area contributed by atoms with Crippen molar-refractivity contribution < 1.29 is 18.9 Å². The molecular formula is C25H26ClNO4. The quantitative estimate of drug-likeness (QED) is 0.334. The van der Waals surface area contributed by atoms with E-state index in [0.29, 0.717) is 28.0 Å². The van der Waals surface area contributed by atoms with E-state index in [9.17, 15) is 0 Å². The van der Waals surface area contributed by atoms with Crippen molar-refractivity contribution in [1.29, 1.82) is 0 Å². The van der Waals surface area contributed by atoms with Gasteiger partial charge in [0, 0.05) is 12.3 Å². The van der Waals surface area contributed by atoms with E-state index in [-0.39, 0.29) is 6.10 Å². The maximum absolute atomic E-state index is 6.42. The third kappa shape index (κ3) is 6.15. The molecule has 0 heterocycles. The van der Waals surface area contributed by atoms with Crippen molar-refractivity contribution in [3.63, 3.8) is 0 Å². The molecule has 6 heteroatoms. The fourth-order valence-corrected chi connectivity index (χ4v) is 3.03. The van der Waals surface area contributed by atoms with E-state index in [1.807, 2.05) is 67.6 Å². The van der Waals surface area contributed by atoms with E-state index in [1.165, 1.54) is 0 Å². The molecule has 5 nitrogen and oxygen atoms in total. The molecule has 162 valence electrons. The zero-order valence-corrected chi connectivity index (χ0v) is 18.8. The summed E-state index contributed by atoms with van der Waals surface area (Å²) in [6, 6.07) is 18.6. The highest BCUT2D eigenvalue weighted by atomic mass is 35.5. The zero-order chi connectivity index (χ0) is 22.2. The Bertz CT molecular complexity index is 1030. The van der Waals surface area contributed by atoms with Gasteiger partial charge in [-0.05, 0) is 67.4 Å². The number of rotatable bonds is 9. The summed E-state index contributed by atoms with van der Waals surface area (Å²) in [5, 5.41) is 0.489. The lowest BCUT2D eigenvalue weighted by molar-refractivity contribution is 0.208. The Hall–Kier alpha value is -3.18. The number of benzene rings is 3. The second-order valence-corrected chi connectivity index (χ2v) is 7.31. The summed E-state index contributed by atoms with van der Waals surface area (Å²) in [6.07, 6.45) is 2.66. The molecule has 0 amide bonds. The predicted octanol–water partition coefficient (Wildman–Crippen LogP) is 7.08. The number of nitrogens with zero attached hydrogens (tertiary/aromatic N) is 1. The van der Waals surface area contributed by atoms with Crippen molar-refractivity contribution in [3.8, 4) is 28.7 Å². The van der Waals surface area contributed by atoms with Crippen LogP contribution in [-0.2, 0) is 0 Å². The maximum atomic E-state index is 6.42. The molecule has 0 aromatic heterocycles. The van der Waals surface area contributed by atoms with Crippen LogP contribution in [0.1, 0.15) is 25.8 Å². The molecule has 0 unspecified atom stereocenters. The minimum absolute atomic E-state index is 0.0450. The van der Waals surface area contributed by atoms with E-state index >= 15 is 0 Å². The van der Waals surface area contributed by atoms with E-state index in [1.54, 1.807) is 20.4 Å². The molecule has 0 fully saturated rings. The Balaban J connectivity index is 1.72. The molecule has 3 aromatic rings. The smallest absolute Gasteiger partial charge is 0.180 e. The van der Waals surface area contributed by atoms with Crippen molar-refractivity contribution >= 4 is 23.5 Å². The second kappa shape index (κ2) is 10.7. The lowest BCUT2D eigenvalue weighted by Crippen LogP contribution is -2.11. The van der Waals surface area contributed by atoms with Crippen LogP contribution in [0.2, 0.25) is 5.02 Å². The Morgan fingerprint density at radius 1 is 0.935 bits per heavy atom. The third-order valence-corrected chi connectivity index (χ3v) is 4.90. The van der Waals surface area contributed by atoms with Crippen LogP contribution in [0.3, 0.4) is 0 Å². The first-order valence-corrected chi connectivity index (χ1v) is 10.4. The summed E-state index contributed by atoms with van der Waals surface area (Å²) in [5.41, 5.74) is 1.60. The number of hydrogen-bond acceptors (Lipinski definition) is 5. The summed E-state index contributed by atoms with van der Waals surface area (Å²) in [7, 11) is 3.22. The van der Waals surface area contributed by atoms with Crippen LogP contribution < -0.4 is 18.9 Å². The van der Waals surface area contributed by atoms with Crippen molar-refractivity contribution in [1.82, 2.24) is 0 Å². The number of halogens is 1. The molecule has 1 atom stereocenters. The van der Waals surface area contributed by atoms with E-state index in [0.717, 1.165) is 23.4 Å². The Kier molecular flexibility index (Phi) is 7.79. The lowest BCUT2D eigenvalue weighted by Gasteiger charge is -2.17. The number of ether oxygens (including phenoxy) is 4. The molecule has 31 heavy (non-hydrogen) atoms. The number of methoxy groups -OCH3 is 2. The first-order chi connectivity index (χ1) is 15.0. The molecule has 0 aliphatic carbocycles. The summed E-state index contributed by atoms with van der Waals surface area (Å²) >= 11 is 6.42. The second-order valence-electron chi connectivity index (χ2n) is 6.90. The van der Waals surface area contributed by atoms with Crippen molar-refractivity contribution in [3.05, 3.63) is 71.2 Å². The zero-order valence-electron chi connectivity index (χ0n) is 18.1. The van der Waals surface area contributed by atoms with E-state index in [4.69, 9.17) is 30.5 Å². The lowest BCUT2D eigenvalue weighted by atomic mass is 10.2. The summed E-state index contributed by atoms with van der Waals surface area (Å²) < 4.78 is 22.4. The molecular weight excluding hydrogens is 414 g/mol. The molecule has 0 aliphatic rings. The topological polar surface area (TPSA) is 49.3 Å². The SMILES string of the molecule is CC[C@@H](C)Oc1c(Cl)cc(C=Nc2ccc(Oc3cccc(OC)c3)cc2)cc1OC. The number of aliphatic imine (C=N–C) groups is 1. The highest BCUT2D eigenvalue weighted by molar-refractivity contribution is 6.32. The molecule has 3 aromatic carbocycles. The standard InChI is InChI=1S/C25H26ClNO4/c1-5-17(2)30-25-23(26)13-18(14-24(25)29-4)16-27-19-9-11-20(12-10-19)31-22-8-6-7-21(15-22)28-3/h6-17H,5H2,1-4H3/t17-/m1/s1. The van der Waals surface area contributed by atoms with Crippen LogP contribution in [-0.4, -0.2) is 26.5 Å². The number of hydrogen-bond donors (Lipinski definition) is 0. The molecule has 0 bridgehead atoms. The fraction of sp³-hybridized carbons (Fsp3) is 0.240. The Morgan fingerprint density at radius 2 is 1.68 bits per heavy atom. The van der Waals surface area contributed by atoms with Gasteiger partial charge in [-0.2, -0.15) is 0 Å². The molecule has 3 rings (SSSR count). The normalized spacial score (nSPS) is 11.9. The van der Waals surface area contributed by atoms with Gasteiger partial charge in [-0.25, -0.2) is 0 Å². The van der Waals surface area contributed by atoms with Gasteiger partial charge in [0.2, 0.25) is 0 Å². The van der Waals surface area contributed by atoms with Gasteiger partial charge in [0.25, 0.3) is 0 Å². The van der Waals surface area contributed by atoms with Gasteiger partial charge < -0.3 is 18.9 Å². The minimum atomic E-state index is 0.0450. The van der Waals surface area contributed by atoms with Gasteiger partial charge >= 0.3 is 0 Å². The summed E-state index contributed by atoms with van der Waals surface area (Å²) in [6.45, 7) is 4.05. The predicted molar refractivity (Wildman–Crippen MR) is 125 cm³/mol. The van der Waals surface area contributed by atoms with Crippen LogP contribution in [0.15, 0.2) is 65.7 Å². The van der Waals surface area contributed by atoms with Crippen LogP contribution in [0, 0.1) is 0 Å². The van der Waals surface area contributed by atoms with Crippen molar-refractivity contribution in [2.75, 3.05) is 14.2 Å². The van der Waals surface area contributed by atoms with Gasteiger partial charge in [0.15, 0.2) is 11.5 Å². The monoisotopic (exact) mass is 439 g/mol. The molecule has 0 saturated carbocycles. The average molecular weight is 440 g/mol. The fourth-order valence-electron chi connectivity index (χ4n) is 2.76. The Morgan fingerprint density at radius 3 is 2.35 bits per heavy atom. The van der Waals surface area contributed by atoms with Crippen molar-refractivity contribution in [2.45, 2.75) is 26.4 Å². The van der Waals surface area contributed by atoms with Gasteiger partial charge in [0.1, 0.15) is 17.2 Å². The molecule has 0 saturated heterocycles. The summed E-state index contributed by atoms with van der Waals surface area (Å²) in [4.78, 5) is 4.52. The highest BCUT2D eigenvalue weighted by Gasteiger charge is 2.14. The maximum Gasteiger partial charge on any atom is 0.180 e. The summed E-state index contributed by atoms with van der Waals surface area (Å²) in [5.74, 6) is 3.29. The van der Waals surface area contributed by atoms with Gasteiger partial charge in [-0.1, -0.05) is 24.6 Å². The van der Waals surface area contributed by atoms with Gasteiger partial charge in [0.05, 0.1) is 31.0 Å². The van der Waals surface area contributed by atoms with Crippen LogP contribution >= 0.6 is 11.6 Å². The van der Waals surface area contributed by atoms with Crippen LogP contribution in [0.25, 0.3) is 0 Å². The third-order valence-electron chi connectivity index (χ3n) is 4.62. The van der Waals surface area contributed by atoms with Crippen LogP contribution in [0.4, 0.5) is 5.69 Å². The molecule has 0 spiro atoms. The van der Waals surface area contributed by atoms with Gasteiger partial charge in [-0.3, -0.25) is 4.99 Å². The molecule has 0 N–H and O–H groups in total. The van der Waals surface area contributed by atoms with Gasteiger partial charge in [-0.15, -0.1) is 0 Å². The molecule has 0 aliphatic heterocycles. The first kappa shape index (κ1) is 22.5. The minimum Gasteiger partial charge on any atom is -0.497 e. The molecule has 0 radical (unpaired) electrons. The average Bonchev–Trinajstić information content (AvgIpc) is 2.80. The van der Waals surface area contributed by atoms with E-state index in [2.05, 4.69) is 11.9 Å². The first-order valence-electron chi connectivity index (χ1n) is 10.0. The van der Waals surface area contributed by atoms with Crippen LogP contribution in [0.5, 0.6) is 28.7 Å². The van der Waals surface area contributed by atoms with E-state index < -0.39 is 0 Å². The largest absolute Gasteiger partial charge is 0.497 e. The highest BCUT2D eigenvalue weighted by Crippen LogP contribution is 2.37. The Labute approximate surface area is 188 Å². The van der Waals surface area contributed by atoms with Crippen molar-refractivity contribution in [2.24, 2.45) is 4.99 Å².